The van der Waals surface area contributed by atoms with E-state index < -0.39 is 12.1 Å². The molecule has 234 valence electrons. The van der Waals surface area contributed by atoms with Gasteiger partial charge in [-0.2, -0.15) is 13.2 Å². The Hall–Kier alpha value is -3.96. The van der Waals surface area contributed by atoms with E-state index in [1.165, 1.54) is 39.2 Å². The number of hydrogen-bond donors (Lipinski definition) is 3. The summed E-state index contributed by atoms with van der Waals surface area (Å²) < 4.78 is 31.7. The van der Waals surface area contributed by atoms with Gasteiger partial charge in [-0.1, -0.05) is 48.0 Å². The Morgan fingerprint density at radius 2 is 1.66 bits per heavy atom. The second-order valence-electron chi connectivity index (χ2n) is 10.9. The molecule has 2 aromatic carbocycles. The van der Waals surface area contributed by atoms with Crippen LogP contribution in [0.15, 0.2) is 65.6 Å². The highest BCUT2D eigenvalue weighted by Gasteiger charge is 2.38. The molecule has 0 atom stereocenters. The molecule has 0 radical (unpaired) electrons. The zero-order valence-corrected chi connectivity index (χ0v) is 25.3. The van der Waals surface area contributed by atoms with E-state index in [4.69, 9.17) is 9.90 Å². The van der Waals surface area contributed by atoms with Crippen LogP contribution < -0.4 is 10.6 Å². The first-order valence-electron chi connectivity index (χ1n) is 14.5. The first kappa shape index (κ1) is 32.9. The van der Waals surface area contributed by atoms with Crippen LogP contribution in [0.3, 0.4) is 0 Å². The number of aryl methyl sites for hydroxylation is 2. The molecule has 2 aliphatic rings. The summed E-state index contributed by atoms with van der Waals surface area (Å²) in [7, 11) is 0. The molecule has 3 N–H and O–H groups in total. The fraction of sp³-hybridized carbons (Fsp3) is 0.364. The Morgan fingerprint density at radius 1 is 0.977 bits per heavy atom. The summed E-state index contributed by atoms with van der Waals surface area (Å²) in [5.41, 5.74) is 7.02. The highest BCUT2D eigenvalue weighted by Crippen LogP contribution is 2.29. The molecule has 1 fully saturated rings. The summed E-state index contributed by atoms with van der Waals surface area (Å²) in [6, 6.07) is 19.2. The predicted molar refractivity (Wildman–Crippen MR) is 165 cm³/mol. The van der Waals surface area contributed by atoms with Crippen molar-refractivity contribution in [2.75, 3.05) is 26.2 Å². The number of aliphatic carboxylic acids is 1. The summed E-state index contributed by atoms with van der Waals surface area (Å²) in [5, 5.41) is 15.4. The molecule has 7 nitrogen and oxygen atoms in total. The molecule has 2 amide bonds. The number of alkyl halides is 3. The van der Waals surface area contributed by atoms with Crippen molar-refractivity contribution in [3.05, 3.63) is 87.1 Å². The number of amides is 2. The van der Waals surface area contributed by atoms with E-state index >= 15 is 0 Å². The van der Waals surface area contributed by atoms with Crippen molar-refractivity contribution in [3.63, 3.8) is 0 Å². The Kier molecular flexibility index (Phi) is 11.4. The van der Waals surface area contributed by atoms with Crippen LogP contribution in [0.5, 0.6) is 0 Å². The molecular weight excluding hydrogens is 591 g/mol. The molecule has 0 unspecified atom stereocenters. The summed E-state index contributed by atoms with van der Waals surface area (Å²) in [5.74, 6) is -2.68. The molecule has 0 bridgehead atoms. The minimum Gasteiger partial charge on any atom is -0.475 e. The molecular formula is C33H36F3N3O4S. The Bertz CT molecular complexity index is 1460. The Balaban J connectivity index is 0.000000566. The van der Waals surface area contributed by atoms with Gasteiger partial charge in [0.05, 0.1) is 4.88 Å². The van der Waals surface area contributed by atoms with Gasteiger partial charge >= 0.3 is 12.1 Å². The molecule has 0 spiro atoms. The highest BCUT2D eigenvalue weighted by molar-refractivity contribution is 7.12. The second-order valence-corrected chi connectivity index (χ2v) is 11.9. The van der Waals surface area contributed by atoms with Gasteiger partial charge in [0.2, 0.25) is 5.91 Å². The van der Waals surface area contributed by atoms with Gasteiger partial charge in [0, 0.05) is 37.8 Å². The molecule has 11 heteroatoms. The minimum atomic E-state index is -5.08. The lowest BCUT2D eigenvalue weighted by atomic mass is 9.97. The van der Waals surface area contributed by atoms with Gasteiger partial charge in [0.25, 0.3) is 5.91 Å². The van der Waals surface area contributed by atoms with Crippen LogP contribution in [0.25, 0.3) is 17.2 Å². The van der Waals surface area contributed by atoms with Gasteiger partial charge in [0.1, 0.15) is 0 Å². The second kappa shape index (κ2) is 15.2. The van der Waals surface area contributed by atoms with Crippen LogP contribution in [0.1, 0.15) is 52.0 Å². The SMILES string of the molecule is Cc1ccc(-c2ccc3c(c2)C=C(C(=O)NC2CCN(CCNC(=O)c4cccs4)CC2)CCC3)cc1.O=C(O)C(F)(F)F. The quantitative estimate of drug-likeness (QED) is 0.295. The van der Waals surface area contributed by atoms with E-state index in [0.29, 0.717) is 6.54 Å². The zero-order valence-electron chi connectivity index (χ0n) is 24.5. The first-order chi connectivity index (χ1) is 21.0. The standard InChI is InChI=1S/C31H35N3O2S.C2HF3O2/c1-22-7-9-24(10-8-22)25-12-11-23-4-2-5-26(21-27(23)20-25)30(35)33-28-13-16-34(17-14-28)18-15-32-31(36)29-6-3-19-37-29;3-2(4,5)1(6)7/h3,6-12,19-21,28H,2,4-5,13-18H2,1H3,(H,32,36)(H,33,35);(H,6,7). The third-order valence-corrected chi connectivity index (χ3v) is 8.54. The van der Waals surface area contributed by atoms with Crippen molar-refractivity contribution >= 4 is 35.2 Å². The van der Waals surface area contributed by atoms with Crippen molar-refractivity contribution in [1.82, 2.24) is 15.5 Å². The number of thiophene rings is 1. The molecule has 1 saturated heterocycles. The maximum atomic E-state index is 13.2. The average molecular weight is 628 g/mol. The third kappa shape index (κ3) is 9.52. The van der Waals surface area contributed by atoms with Crippen LogP contribution in [0.4, 0.5) is 13.2 Å². The van der Waals surface area contributed by atoms with Gasteiger partial charge in [-0.05, 0) is 84.9 Å². The first-order valence-corrected chi connectivity index (χ1v) is 15.4. The number of carbonyl (C=O) groups excluding carboxylic acids is 2. The fourth-order valence-corrected chi connectivity index (χ4v) is 5.83. The zero-order chi connectivity index (χ0) is 31.7. The molecule has 1 aliphatic heterocycles. The van der Waals surface area contributed by atoms with Crippen molar-refractivity contribution < 1.29 is 32.7 Å². The molecule has 1 aliphatic carbocycles. The molecule has 5 rings (SSSR count). The van der Waals surface area contributed by atoms with Gasteiger partial charge in [-0.3, -0.25) is 9.59 Å². The van der Waals surface area contributed by atoms with E-state index in [9.17, 15) is 22.8 Å². The maximum Gasteiger partial charge on any atom is 0.490 e. The van der Waals surface area contributed by atoms with Gasteiger partial charge < -0.3 is 20.6 Å². The number of benzene rings is 2. The van der Waals surface area contributed by atoms with Crippen LogP contribution in [-0.2, 0) is 16.0 Å². The average Bonchev–Trinajstić information content (AvgIpc) is 3.45. The Morgan fingerprint density at radius 3 is 2.30 bits per heavy atom. The molecule has 3 aromatic rings. The maximum absolute atomic E-state index is 13.2. The number of nitrogens with zero attached hydrogens (tertiary/aromatic N) is 1. The summed E-state index contributed by atoms with van der Waals surface area (Å²) in [6.45, 7) is 5.45. The summed E-state index contributed by atoms with van der Waals surface area (Å²) in [4.78, 5) is 37.3. The fourth-order valence-electron chi connectivity index (χ4n) is 5.19. The molecule has 44 heavy (non-hydrogen) atoms. The number of halogens is 3. The number of fused-ring (bicyclic) bond motifs is 1. The predicted octanol–water partition coefficient (Wildman–Crippen LogP) is 6.09. The van der Waals surface area contributed by atoms with Gasteiger partial charge in [0.15, 0.2) is 0 Å². The van der Waals surface area contributed by atoms with Crippen LogP contribution >= 0.6 is 11.3 Å². The third-order valence-electron chi connectivity index (χ3n) is 7.67. The number of piperidine rings is 1. The lowest BCUT2D eigenvalue weighted by Gasteiger charge is -2.32. The topological polar surface area (TPSA) is 98.7 Å². The van der Waals surface area contributed by atoms with Crippen molar-refractivity contribution in [2.45, 2.75) is 51.2 Å². The summed E-state index contributed by atoms with van der Waals surface area (Å²) in [6.07, 6.45) is 1.70. The number of carboxylic acid groups (broad SMARTS) is 1. The largest absolute Gasteiger partial charge is 0.490 e. The number of hydrogen-bond acceptors (Lipinski definition) is 5. The number of nitrogens with one attached hydrogen (secondary N) is 2. The van der Waals surface area contributed by atoms with Crippen molar-refractivity contribution in [1.29, 1.82) is 0 Å². The van der Waals surface area contributed by atoms with Gasteiger partial charge in [-0.15, -0.1) is 11.3 Å². The molecule has 1 aromatic heterocycles. The van der Waals surface area contributed by atoms with E-state index in [1.54, 1.807) is 0 Å². The smallest absolute Gasteiger partial charge is 0.475 e. The van der Waals surface area contributed by atoms with Crippen LogP contribution in [-0.4, -0.2) is 66.2 Å². The van der Waals surface area contributed by atoms with E-state index in [0.717, 1.165) is 62.2 Å². The van der Waals surface area contributed by atoms with Crippen molar-refractivity contribution in [2.24, 2.45) is 0 Å². The lowest BCUT2D eigenvalue weighted by Crippen LogP contribution is -2.46. The van der Waals surface area contributed by atoms with Crippen LogP contribution in [0.2, 0.25) is 0 Å². The number of carboxylic acids is 1. The lowest BCUT2D eigenvalue weighted by molar-refractivity contribution is -0.192. The number of carbonyl (C=O) groups is 3. The molecule has 0 saturated carbocycles. The van der Waals surface area contributed by atoms with E-state index in [2.05, 4.69) is 71.0 Å². The minimum absolute atomic E-state index is 0.00128. The van der Waals surface area contributed by atoms with E-state index in [1.807, 2.05) is 17.5 Å². The van der Waals surface area contributed by atoms with Gasteiger partial charge in [-0.25, -0.2) is 4.79 Å². The molecule has 2 heterocycles. The normalized spacial score (nSPS) is 15.6. The number of likely N-dealkylation sites (tertiary alicyclic amines) is 1. The monoisotopic (exact) mass is 627 g/mol. The Labute approximate surface area is 258 Å². The van der Waals surface area contributed by atoms with Crippen molar-refractivity contribution in [3.8, 4) is 11.1 Å². The van der Waals surface area contributed by atoms with Crippen LogP contribution in [0, 0.1) is 6.92 Å². The summed E-state index contributed by atoms with van der Waals surface area (Å²) >= 11 is 1.46. The number of rotatable bonds is 7. The highest BCUT2D eigenvalue weighted by atomic mass is 32.1. The van der Waals surface area contributed by atoms with E-state index in [-0.39, 0.29) is 17.9 Å².